The van der Waals surface area contributed by atoms with E-state index >= 15 is 0 Å². The Morgan fingerprint density at radius 1 is 1.25 bits per heavy atom. The lowest BCUT2D eigenvalue weighted by molar-refractivity contribution is -0.143. The van der Waals surface area contributed by atoms with Crippen LogP contribution in [0.25, 0.3) is 0 Å². The fourth-order valence-corrected chi connectivity index (χ4v) is 1.38. The lowest BCUT2D eigenvalue weighted by atomic mass is 10.1. The summed E-state index contributed by atoms with van der Waals surface area (Å²) in [4.78, 5) is 33.8. The second-order valence-electron chi connectivity index (χ2n) is 4.74. The van der Waals surface area contributed by atoms with Crippen molar-refractivity contribution in [3.8, 4) is 0 Å². The fourth-order valence-electron chi connectivity index (χ4n) is 1.38. The van der Waals surface area contributed by atoms with E-state index in [0.29, 0.717) is 5.69 Å². The van der Waals surface area contributed by atoms with E-state index in [-0.39, 0.29) is 12.1 Å². The Morgan fingerprint density at radius 2 is 1.85 bits per heavy atom. The molecule has 0 saturated heterocycles. The molecule has 0 atom stereocenters. The van der Waals surface area contributed by atoms with Gasteiger partial charge < -0.3 is 16.2 Å². The van der Waals surface area contributed by atoms with Crippen LogP contribution in [-0.4, -0.2) is 35.0 Å². The molecule has 1 aromatic carbocycles. The van der Waals surface area contributed by atoms with Crippen molar-refractivity contribution < 1.29 is 19.5 Å². The summed E-state index contributed by atoms with van der Waals surface area (Å²) in [6.45, 7) is 2.69. The molecule has 0 spiro atoms. The number of hydrogen-bond acceptors (Lipinski definition) is 4. The van der Waals surface area contributed by atoms with Gasteiger partial charge >= 0.3 is 5.97 Å². The summed E-state index contributed by atoms with van der Waals surface area (Å²) in [5.74, 6) is -2.18. The predicted molar refractivity (Wildman–Crippen MR) is 73.3 cm³/mol. The number of carbonyl (C=O) groups excluding carboxylic acids is 2. The van der Waals surface area contributed by atoms with Gasteiger partial charge in [0.25, 0.3) is 5.91 Å². The number of rotatable bonds is 6. The smallest absolute Gasteiger partial charge is 0.323 e. The van der Waals surface area contributed by atoms with Gasteiger partial charge in [0.2, 0.25) is 5.91 Å². The van der Waals surface area contributed by atoms with Gasteiger partial charge in [-0.3, -0.25) is 19.7 Å². The van der Waals surface area contributed by atoms with Gasteiger partial charge in [0.05, 0.1) is 17.8 Å². The largest absolute Gasteiger partial charge is 0.480 e. The van der Waals surface area contributed by atoms with Crippen molar-refractivity contribution in [3.63, 3.8) is 0 Å². The van der Waals surface area contributed by atoms with Crippen LogP contribution in [0.1, 0.15) is 24.2 Å². The van der Waals surface area contributed by atoms with E-state index in [1.165, 1.54) is 19.9 Å². The van der Waals surface area contributed by atoms with Gasteiger partial charge in [0.15, 0.2) is 0 Å². The third-order valence-electron chi connectivity index (χ3n) is 2.69. The maximum Gasteiger partial charge on any atom is 0.323 e. The summed E-state index contributed by atoms with van der Waals surface area (Å²) in [5.41, 5.74) is 4.45. The molecule has 0 heterocycles. The maximum atomic E-state index is 11.7. The van der Waals surface area contributed by atoms with E-state index in [9.17, 15) is 14.4 Å². The van der Waals surface area contributed by atoms with Crippen LogP contribution in [0.15, 0.2) is 24.3 Å². The highest BCUT2D eigenvalue weighted by molar-refractivity contribution is 6.03. The van der Waals surface area contributed by atoms with Crippen LogP contribution in [0.3, 0.4) is 0 Å². The molecule has 0 aromatic heterocycles. The van der Waals surface area contributed by atoms with Gasteiger partial charge in [0, 0.05) is 0 Å². The molecule has 0 aliphatic carbocycles. The number of para-hydroxylation sites is 1. The quantitative estimate of drug-likeness (QED) is 0.591. The van der Waals surface area contributed by atoms with Gasteiger partial charge in [-0.05, 0) is 26.0 Å². The fraction of sp³-hybridized carbons (Fsp3) is 0.308. The zero-order valence-corrected chi connectivity index (χ0v) is 11.3. The topological polar surface area (TPSA) is 122 Å². The number of anilines is 1. The van der Waals surface area contributed by atoms with Gasteiger partial charge in [-0.25, -0.2) is 0 Å². The SMILES string of the molecule is CC(C)(NCC(=O)Nc1ccccc1C(N)=O)C(=O)O. The molecule has 0 aliphatic heterocycles. The van der Waals surface area contributed by atoms with Crippen molar-refractivity contribution in [1.82, 2.24) is 5.32 Å². The van der Waals surface area contributed by atoms with Crippen LogP contribution in [0, 0.1) is 0 Å². The number of nitrogens with one attached hydrogen (secondary N) is 2. The molecule has 20 heavy (non-hydrogen) atoms. The second-order valence-corrected chi connectivity index (χ2v) is 4.74. The number of carbonyl (C=O) groups is 3. The number of nitrogens with two attached hydrogens (primary N) is 1. The minimum Gasteiger partial charge on any atom is -0.480 e. The summed E-state index contributed by atoms with van der Waals surface area (Å²) in [7, 11) is 0. The molecule has 0 unspecified atom stereocenters. The number of benzene rings is 1. The first-order valence-corrected chi connectivity index (χ1v) is 5.91. The average Bonchev–Trinajstić information content (AvgIpc) is 2.36. The number of carboxylic acids is 1. The first kappa shape index (κ1) is 15.6. The van der Waals surface area contributed by atoms with Crippen molar-refractivity contribution in [2.75, 3.05) is 11.9 Å². The molecule has 0 fully saturated rings. The highest BCUT2D eigenvalue weighted by Gasteiger charge is 2.27. The third kappa shape index (κ3) is 4.06. The van der Waals surface area contributed by atoms with E-state index < -0.39 is 23.3 Å². The molecule has 0 radical (unpaired) electrons. The first-order valence-electron chi connectivity index (χ1n) is 5.91. The minimum atomic E-state index is -1.22. The van der Waals surface area contributed by atoms with Gasteiger partial charge in [-0.2, -0.15) is 0 Å². The first-order chi connectivity index (χ1) is 9.24. The Labute approximate surface area is 116 Å². The Morgan fingerprint density at radius 3 is 2.40 bits per heavy atom. The van der Waals surface area contributed by atoms with Gasteiger partial charge in [-0.15, -0.1) is 0 Å². The number of carboxylic acid groups (broad SMARTS) is 1. The Kier molecular flexibility index (Phi) is 4.82. The molecule has 2 amide bonds. The standard InChI is InChI=1S/C13H17N3O4/c1-13(2,12(19)20)15-7-10(17)16-9-6-4-3-5-8(9)11(14)18/h3-6,15H,7H2,1-2H3,(H2,14,18)(H,16,17)(H,19,20). The molecule has 0 bridgehead atoms. The average molecular weight is 279 g/mol. The summed E-state index contributed by atoms with van der Waals surface area (Å²) >= 11 is 0. The van der Waals surface area contributed by atoms with Crippen molar-refractivity contribution in [1.29, 1.82) is 0 Å². The highest BCUT2D eigenvalue weighted by atomic mass is 16.4. The zero-order valence-electron chi connectivity index (χ0n) is 11.3. The Hall–Kier alpha value is -2.41. The van der Waals surface area contributed by atoms with Crippen LogP contribution in [-0.2, 0) is 9.59 Å². The molecule has 1 aromatic rings. The van der Waals surface area contributed by atoms with E-state index in [4.69, 9.17) is 10.8 Å². The Balaban J connectivity index is 2.69. The normalized spacial score (nSPS) is 10.9. The minimum absolute atomic E-state index is 0.193. The van der Waals surface area contributed by atoms with E-state index in [1.54, 1.807) is 18.2 Å². The maximum absolute atomic E-state index is 11.7. The monoisotopic (exact) mass is 279 g/mol. The Bertz CT molecular complexity index is 540. The van der Waals surface area contributed by atoms with Crippen LogP contribution in [0.2, 0.25) is 0 Å². The van der Waals surface area contributed by atoms with Crippen molar-refractivity contribution in [3.05, 3.63) is 29.8 Å². The second kappa shape index (κ2) is 6.16. The van der Waals surface area contributed by atoms with E-state index in [2.05, 4.69) is 10.6 Å². The molecule has 7 nitrogen and oxygen atoms in total. The lowest BCUT2D eigenvalue weighted by Crippen LogP contribution is -2.49. The molecular weight excluding hydrogens is 262 g/mol. The van der Waals surface area contributed by atoms with E-state index in [1.807, 2.05) is 0 Å². The molecule has 5 N–H and O–H groups in total. The molecule has 0 saturated carbocycles. The summed E-state index contributed by atoms with van der Waals surface area (Å²) in [6.07, 6.45) is 0. The lowest BCUT2D eigenvalue weighted by Gasteiger charge is -2.20. The van der Waals surface area contributed by atoms with Crippen LogP contribution >= 0.6 is 0 Å². The molecular formula is C13H17N3O4. The summed E-state index contributed by atoms with van der Waals surface area (Å²) < 4.78 is 0. The number of primary amides is 1. The summed E-state index contributed by atoms with van der Waals surface area (Å²) in [5, 5.41) is 14.0. The van der Waals surface area contributed by atoms with Crippen molar-refractivity contribution in [2.45, 2.75) is 19.4 Å². The van der Waals surface area contributed by atoms with E-state index in [0.717, 1.165) is 0 Å². The third-order valence-corrected chi connectivity index (χ3v) is 2.69. The molecule has 1 rings (SSSR count). The summed E-state index contributed by atoms with van der Waals surface area (Å²) in [6, 6.07) is 6.31. The van der Waals surface area contributed by atoms with Crippen LogP contribution in [0.5, 0.6) is 0 Å². The van der Waals surface area contributed by atoms with Crippen LogP contribution < -0.4 is 16.4 Å². The van der Waals surface area contributed by atoms with Crippen molar-refractivity contribution in [2.24, 2.45) is 5.73 Å². The predicted octanol–water partition coefficient (Wildman–Crippen LogP) is 0.177. The molecule has 0 aliphatic rings. The molecule has 108 valence electrons. The zero-order chi connectivity index (χ0) is 15.3. The van der Waals surface area contributed by atoms with Gasteiger partial charge in [-0.1, -0.05) is 12.1 Å². The van der Waals surface area contributed by atoms with Gasteiger partial charge in [0.1, 0.15) is 5.54 Å². The number of amides is 2. The number of aliphatic carboxylic acids is 1. The van der Waals surface area contributed by atoms with Crippen molar-refractivity contribution >= 4 is 23.5 Å². The molecule has 7 heteroatoms. The number of hydrogen-bond donors (Lipinski definition) is 4. The highest BCUT2D eigenvalue weighted by Crippen LogP contribution is 2.14. The van der Waals surface area contributed by atoms with Crippen LogP contribution in [0.4, 0.5) is 5.69 Å².